The highest BCUT2D eigenvalue weighted by molar-refractivity contribution is 7.46. The summed E-state index contributed by atoms with van der Waals surface area (Å²) in [6.07, 6.45) is 6.89. The number of nitrogens with one attached hydrogen (secondary N) is 2. The number of phosphoric acid groups is 1. The Kier molecular flexibility index (Phi) is 8.41. The molecule has 3 aromatic carbocycles. The van der Waals surface area contributed by atoms with Crippen molar-refractivity contribution in [2.24, 2.45) is 5.92 Å². The van der Waals surface area contributed by atoms with Gasteiger partial charge in [0.15, 0.2) is 0 Å². The van der Waals surface area contributed by atoms with Crippen LogP contribution in [0.1, 0.15) is 53.6 Å². The van der Waals surface area contributed by atoms with Gasteiger partial charge >= 0.3 is 7.82 Å². The average molecular weight is 513 g/mol. The molecular formula is C27H30FN2O5P. The summed E-state index contributed by atoms with van der Waals surface area (Å²) in [5.74, 6) is -0.0892. The van der Waals surface area contributed by atoms with Gasteiger partial charge in [0, 0.05) is 29.5 Å². The number of hydrogen-bond acceptors (Lipinski definition) is 4. The van der Waals surface area contributed by atoms with Crippen molar-refractivity contribution in [1.29, 1.82) is 0 Å². The second kappa shape index (κ2) is 11.7. The lowest BCUT2D eigenvalue weighted by atomic mass is 9.84. The van der Waals surface area contributed by atoms with E-state index in [0.29, 0.717) is 23.7 Å². The summed E-state index contributed by atoms with van der Waals surface area (Å²) >= 11 is 0. The maximum atomic E-state index is 13.2. The van der Waals surface area contributed by atoms with Crippen molar-refractivity contribution in [2.75, 3.05) is 10.6 Å². The number of halogens is 1. The van der Waals surface area contributed by atoms with Crippen LogP contribution in [0.4, 0.5) is 15.8 Å². The quantitative estimate of drug-likeness (QED) is 0.251. The first-order valence-corrected chi connectivity index (χ1v) is 13.6. The SMILES string of the molecule is O=C(Nc1cccc(OP(=O)(O)O)c1)c1ccc(NCc2ccc(F)cc2)c(CC2CCCCC2)c1. The number of benzene rings is 3. The predicted octanol–water partition coefficient (Wildman–Crippen LogP) is 6.28. The van der Waals surface area contributed by atoms with Gasteiger partial charge in [-0.1, -0.05) is 50.3 Å². The van der Waals surface area contributed by atoms with Crippen LogP contribution in [-0.4, -0.2) is 15.7 Å². The van der Waals surface area contributed by atoms with Gasteiger partial charge in [-0.25, -0.2) is 8.96 Å². The van der Waals surface area contributed by atoms with Crippen molar-refractivity contribution < 1.29 is 28.1 Å². The van der Waals surface area contributed by atoms with E-state index in [1.54, 1.807) is 24.3 Å². The molecule has 0 spiro atoms. The van der Waals surface area contributed by atoms with Gasteiger partial charge in [0.1, 0.15) is 11.6 Å². The van der Waals surface area contributed by atoms with Gasteiger partial charge in [0.25, 0.3) is 5.91 Å². The molecule has 1 fully saturated rings. The Labute approximate surface area is 210 Å². The smallest absolute Gasteiger partial charge is 0.404 e. The maximum absolute atomic E-state index is 13.2. The number of carbonyl (C=O) groups is 1. The molecule has 4 N–H and O–H groups in total. The molecule has 0 unspecified atom stereocenters. The molecule has 190 valence electrons. The number of phosphoric ester groups is 1. The number of amides is 1. The van der Waals surface area contributed by atoms with Crippen LogP contribution >= 0.6 is 7.82 Å². The number of carbonyl (C=O) groups excluding carboxylic acids is 1. The maximum Gasteiger partial charge on any atom is 0.524 e. The van der Waals surface area contributed by atoms with E-state index in [1.165, 1.54) is 62.4 Å². The van der Waals surface area contributed by atoms with Crippen molar-refractivity contribution >= 4 is 25.1 Å². The summed E-state index contributed by atoms with van der Waals surface area (Å²) in [7, 11) is -4.70. The molecule has 0 aliphatic heterocycles. The van der Waals surface area contributed by atoms with E-state index < -0.39 is 7.82 Å². The highest BCUT2D eigenvalue weighted by atomic mass is 31.2. The number of rotatable bonds is 9. The average Bonchev–Trinajstić information content (AvgIpc) is 2.84. The summed E-state index contributed by atoms with van der Waals surface area (Å²) < 4.78 is 29.0. The van der Waals surface area contributed by atoms with Crippen molar-refractivity contribution in [3.05, 3.63) is 89.2 Å². The molecule has 3 aromatic rings. The monoisotopic (exact) mass is 512 g/mol. The Bertz CT molecular complexity index is 1240. The summed E-state index contributed by atoms with van der Waals surface area (Å²) in [4.78, 5) is 31.1. The zero-order valence-electron chi connectivity index (χ0n) is 19.8. The fraction of sp³-hybridized carbons (Fsp3) is 0.296. The molecule has 4 rings (SSSR count). The minimum Gasteiger partial charge on any atom is -0.404 e. The van der Waals surface area contributed by atoms with Crippen LogP contribution in [-0.2, 0) is 17.5 Å². The Hall–Kier alpha value is -3.19. The zero-order valence-corrected chi connectivity index (χ0v) is 20.7. The minimum atomic E-state index is -4.70. The first-order chi connectivity index (χ1) is 17.2. The fourth-order valence-corrected chi connectivity index (χ4v) is 4.94. The van der Waals surface area contributed by atoms with E-state index in [0.717, 1.165) is 23.2 Å². The van der Waals surface area contributed by atoms with Crippen LogP contribution in [0.5, 0.6) is 5.75 Å². The molecule has 1 aliphatic rings. The van der Waals surface area contributed by atoms with Crippen LogP contribution in [0.15, 0.2) is 66.7 Å². The van der Waals surface area contributed by atoms with Crippen LogP contribution in [0.25, 0.3) is 0 Å². The van der Waals surface area contributed by atoms with Crippen LogP contribution in [0.3, 0.4) is 0 Å². The molecule has 0 bridgehead atoms. The molecule has 1 saturated carbocycles. The van der Waals surface area contributed by atoms with Gasteiger partial charge in [-0.3, -0.25) is 14.6 Å². The van der Waals surface area contributed by atoms with Crippen LogP contribution in [0, 0.1) is 11.7 Å². The lowest BCUT2D eigenvalue weighted by Crippen LogP contribution is -2.15. The number of anilines is 2. The van der Waals surface area contributed by atoms with E-state index in [4.69, 9.17) is 9.79 Å². The van der Waals surface area contributed by atoms with Gasteiger partial charge in [-0.15, -0.1) is 0 Å². The summed E-state index contributed by atoms with van der Waals surface area (Å²) in [6, 6.07) is 17.8. The predicted molar refractivity (Wildman–Crippen MR) is 138 cm³/mol. The number of hydrogen-bond donors (Lipinski definition) is 4. The Balaban J connectivity index is 1.51. The molecule has 0 atom stereocenters. The second-order valence-electron chi connectivity index (χ2n) is 9.12. The summed E-state index contributed by atoms with van der Waals surface area (Å²) in [6.45, 7) is 0.538. The molecule has 1 amide bonds. The molecule has 36 heavy (non-hydrogen) atoms. The zero-order chi connectivity index (χ0) is 25.5. The van der Waals surface area contributed by atoms with E-state index in [-0.39, 0.29) is 17.5 Å². The third-order valence-electron chi connectivity index (χ3n) is 6.31. The van der Waals surface area contributed by atoms with E-state index in [1.807, 2.05) is 12.1 Å². The van der Waals surface area contributed by atoms with Gasteiger partial charge < -0.3 is 15.2 Å². The Morgan fingerprint density at radius 3 is 2.47 bits per heavy atom. The van der Waals surface area contributed by atoms with Crippen molar-refractivity contribution in [1.82, 2.24) is 0 Å². The standard InChI is InChI=1S/C27H30FN2O5P/c28-23-12-9-20(10-13-23)18-29-26-14-11-21(16-22(26)15-19-5-2-1-3-6-19)27(31)30-24-7-4-8-25(17-24)35-36(32,33)34/h4,7-14,16-17,19,29H,1-3,5-6,15,18H2,(H,30,31)(H2,32,33,34). The van der Waals surface area contributed by atoms with Gasteiger partial charge in [0.05, 0.1) is 0 Å². The molecule has 0 heterocycles. The highest BCUT2D eigenvalue weighted by Gasteiger charge is 2.19. The molecule has 0 radical (unpaired) electrons. The molecule has 1 aliphatic carbocycles. The Morgan fingerprint density at radius 2 is 1.75 bits per heavy atom. The molecular weight excluding hydrogens is 482 g/mol. The van der Waals surface area contributed by atoms with E-state index >= 15 is 0 Å². The third kappa shape index (κ3) is 7.65. The minimum absolute atomic E-state index is 0.0422. The lowest BCUT2D eigenvalue weighted by Gasteiger charge is -2.23. The van der Waals surface area contributed by atoms with Crippen molar-refractivity contribution in [3.8, 4) is 5.75 Å². The molecule has 9 heteroatoms. The lowest BCUT2D eigenvalue weighted by molar-refractivity contribution is 0.102. The second-order valence-corrected chi connectivity index (χ2v) is 10.3. The van der Waals surface area contributed by atoms with Gasteiger partial charge in [-0.05, 0) is 65.9 Å². The Morgan fingerprint density at radius 1 is 1.00 bits per heavy atom. The first kappa shape index (κ1) is 25.9. The summed E-state index contributed by atoms with van der Waals surface area (Å²) in [5.41, 5.74) is 3.79. The van der Waals surface area contributed by atoms with Gasteiger partial charge in [0.2, 0.25) is 0 Å². The highest BCUT2D eigenvalue weighted by Crippen LogP contribution is 2.38. The third-order valence-corrected chi connectivity index (χ3v) is 6.76. The van der Waals surface area contributed by atoms with Crippen LogP contribution in [0.2, 0.25) is 0 Å². The molecule has 0 saturated heterocycles. The molecule has 0 aromatic heterocycles. The normalized spacial score (nSPS) is 14.3. The summed E-state index contributed by atoms with van der Waals surface area (Å²) in [5, 5.41) is 6.21. The largest absolute Gasteiger partial charge is 0.524 e. The fourth-order valence-electron chi connectivity index (χ4n) is 4.55. The van der Waals surface area contributed by atoms with Gasteiger partial charge in [-0.2, -0.15) is 0 Å². The van der Waals surface area contributed by atoms with Crippen LogP contribution < -0.4 is 15.2 Å². The molecule has 7 nitrogen and oxygen atoms in total. The van der Waals surface area contributed by atoms with E-state index in [2.05, 4.69) is 15.2 Å². The topological polar surface area (TPSA) is 108 Å². The van der Waals surface area contributed by atoms with Crippen molar-refractivity contribution in [2.45, 2.75) is 45.1 Å². The first-order valence-electron chi connectivity index (χ1n) is 12.0. The van der Waals surface area contributed by atoms with E-state index in [9.17, 15) is 13.8 Å². The van der Waals surface area contributed by atoms with Crippen molar-refractivity contribution in [3.63, 3.8) is 0 Å².